The number of rotatable bonds is 5. The van der Waals surface area contributed by atoms with Gasteiger partial charge in [0.25, 0.3) is 10.0 Å². The van der Waals surface area contributed by atoms with Gasteiger partial charge in [0.05, 0.1) is 4.90 Å². The molecule has 3 aliphatic rings. The first-order chi connectivity index (χ1) is 12.9. The molecule has 1 saturated heterocycles. The zero-order valence-electron chi connectivity index (χ0n) is 15.7. The van der Waals surface area contributed by atoms with E-state index in [2.05, 4.69) is 9.71 Å². The lowest BCUT2D eigenvalue weighted by molar-refractivity contribution is -0.117. The van der Waals surface area contributed by atoms with Gasteiger partial charge in [-0.25, -0.2) is 0 Å². The monoisotopic (exact) mass is 389 g/mol. The average molecular weight is 390 g/mol. The third-order valence-corrected chi connectivity index (χ3v) is 7.65. The molecule has 3 unspecified atom stereocenters. The summed E-state index contributed by atoms with van der Waals surface area (Å²) in [7, 11) is -1.86. The van der Waals surface area contributed by atoms with Crippen LogP contribution >= 0.6 is 0 Å². The van der Waals surface area contributed by atoms with Gasteiger partial charge in [-0.1, -0.05) is 6.42 Å². The Balaban J connectivity index is 1.38. The second-order valence-electron chi connectivity index (χ2n) is 8.22. The summed E-state index contributed by atoms with van der Waals surface area (Å²) >= 11 is 0. The predicted molar refractivity (Wildman–Crippen MR) is 105 cm³/mol. The number of benzene rings is 1. The fraction of sp³-hybridized carbons (Fsp3) is 0.600. The molecule has 2 saturated carbocycles. The Labute approximate surface area is 161 Å². The Bertz CT molecular complexity index is 848. The van der Waals surface area contributed by atoms with Gasteiger partial charge < -0.3 is 10.2 Å². The maximum atomic E-state index is 12.5. The number of sulfonamides is 1. The van der Waals surface area contributed by atoms with Crippen LogP contribution in [0.3, 0.4) is 0 Å². The van der Waals surface area contributed by atoms with Gasteiger partial charge in [0, 0.05) is 32.1 Å². The van der Waals surface area contributed by atoms with Crippen LogP contribution < -0.4 is 5.32 Å². The van der Waals surface area contributed by atoms with E-state index < -0.39 is 10.0 Å². The highest BCUT2D eigenvalue weighted by Crippen LogP contribution is 2.49. The standard InChI is InChI=1S/C20H27N3O3S/c1-23-10-2-3-19(23)22-27(25,26)18-8-6-17(7-9-18)21-20(24)13-16-12-14-4-5-15(16)11-14/h6-9,14-16H,2-5,10-13H2,1H3,(H,21,24)/b22-19-. The van der Waals surface area contributed by atoms with Crippen molar-refractivity contribution in [1.29, 1.82) is 0 Å². The molecule has 3 fully saturated rings. The van der Waals surface area contributed by atoms with Crippen molar-refractivity contribution in [3.8, 4) is 0 Å². The predicted octanol–water partition coefficient (Wildman–Crippen LogP) is 3.26. The largest absolute Gasteiger partial charge is 0.362 e. The van der Waals surface area contributed by atoms with E-state index in [1.807, 2.05) is 11.9 Å². The summed E-state index contributed by atoms with van der Waals surface area (Å²) in [4.78, 5) is 14.4. The molecule has 1 N–H and O–H groups in total. The molecule has 1 aromatic rings. The van der Waals surface area contributed by atoms with Gasteiger partial charge in [-0.2, -0.15) is 8.42 Å². The smallest absolute Gasteiger partial charge is 0.283 e. The van der Waals surface area contributed by atoms with Gasteiger partial charge in [-0.15, -0.1) is 4.40 Å². The summed E-state index contributed by atoms with van der Waals surface area (Å²) in [5.74, 6) is 2.70. The van der Waals surface area contributed by atoms with Crippen LogP contribution in [0.5, 0.6) is 0 Å². The molecule has 7 heteroatoms. The van der Waals surface area contributed by atoms with E-state index >= 15 is 0 Å². The highest BCUT2D eigenvalue weighted by atomic mass is 32.2. The van der Waals surface area contributed by atoms with Crippen LogP contribution in [0.4, 0.5) is 5.69 Å². The summed E-state index contributed by atoms with van der Waals surface area (Å²) in [5, 5.41) is 2.91. The number of nitrogens with zero attached hydrogens (tertiary/aromatic N) is 2. The molecule has 0 spiro atoms. The fourth-order valence-electron chi connectivity index (χ4n) is 4.89. The third kappa shape index (κ3) is 4.03. The van der Waals surface area contributed by atoms with Gasteiger partial charge in [0.2, 0.25) is 5.91 Å². The van der Waals surface area contributed by atoms with Crippen LogP contribution in [0.1, 0.15) is 44.9 Å². The van der Waals surface area contributed by atoms with Gasteiger partial charge in [-0.05, 0) is 67.7 Å². The maximum Gasteiger partial charge on any atom is 0.283 e. The summed E-state index contributed by atoms with van der Waals surface area (Å²) in [6, 6.07) is 6.32. The number of amides is 1. The lowest BCUT2D eigenvalue weighted by atomic mass is 9.86. The highest BCUT2D eigenvalue weighted by Gasteiger charge is 2.40. The Morgan fingerprint density at radius 3 is 2.59 bits per heavy atom. The quantitative estimate of drug-likeness (QED) is 0.838. The molecule has 4 rings (SSSR count). The van der Waals surface area contributed by atoms with Crippen LogP contribution in [0.2, 0.25) is 0 Å². The van der Waals surface area contributed by atoms with E-state index in [4.69, 9.17) is 0 Å². The number of carbonyl (C=O) groups excluding carboxylic acids is 1. The minimum Gasteiger partial charge on any atom is -0.362 e. The van der Waals surface area contributed by atoms with Crippen LogP contribution in [0, 0.1) is 17.8 Å². The van der Waals surface area contributed by atoms with Crippen molar-refractivity contribution in [3.05, 3.63) is 24.3 Å². The first-order valence-corrected chi connectivity index (χ1v) is 11.3. The van der Waals surface area contributed by atoms with E-state index in [9.17, 15) is 13.2 Å². The van der Waals surface area contributed by atoms with Gasteiger partial charge >= 0.3 is 0 Å². The van der Waals surface area contributed by atoms with Crippen molar-refractivity contribution < 1.29 is 13.2 Å². The number of amidine groups is 1. The molecular weight excluding hydrogens is 362 g/mol. The van der Waals surface area contributed by atoms with Crippen molar-refractivity contribution in [1.82, 2.24) is 4.90 Å². The first-order valence-electron chi connectivity index (χ1n) is 9.85. The van der Waals surface area contributed by atoms with Gasteiger partial charge in [0.15, 0.2) is 0 Å². The molecule has 0 aromatic heterocycles. The molecule has 2 bridgehead atoms. The lowest BCUT2D eigenvalue weighted by Crippen LogP contribution is -2.20. The Hall–Kier alpha value is -1.89. The maximum absolute atomic E-state index is 12.5. The van der Waals surface area contributed by atoms with Crippen molar-refractivity contribution >= 4 is 27.5 Å². The molecule has 2 aliphatic carbocycles. The van der Waals surface area contributed by atoms with Crippen molar-refractivity contribution in [2.24, 2.45) is 22.2 Å². The summed E-state index contributed by atoms with van der Waals surface area (Å²) in [5.41, 5.74) is 0.632. The van der Waals surface area contributed by atoms with Crippen molar-refractivity contribution in [2.75, 3.05) is 18.9 Å². The van der Waals surface area contributed by atoms with Crippen LogP contribution in [-0.2, 0) is 14.8 Å². The SMILES string of the molecule is CN1CCC/C1=N/S(=O)(=O)c1ccc(NC(=O)CC2CC3CCC2C3)cc1. The molecule has 6 nitrogen and oxygen atoms in total. The minimum absolute atomic E-state index is 0.0241. The van der Waals surface area contributed by atoms with E-state index in [0.717, 1.165) is 24.8 Å². The van der Waals surface area contributed by atoms with Gasteiger partial charge in [-0.3, -0.25) is 4.79 Å². The molecular formula is C20H27N3O3S. The summed E-state index contributed by atoms with van der Waals surface area (Å²) in [6.07, 6.45) is 7.27. The number of hydrogen-bond donors (Lipinski definition) is 1. The molecule has 1 aromatic carbocycles. The van der Waals surface area contributed by atoms with Crippen molar-refractivity contribution in [3.63, 3.8) is 0 Å². The van der Waals surface area contributed by atoms with Crippen molar-refractivity contribution in [2.45, 2.75) is 49.8 Å². The fourth-order valence-corrected chi connectivity index (χ4v) is 5.98. The third-order valence-electron chi connectivity index (χ3n) is 6.33. The molecule has 1 amide bonds. The zero-order valence-corrected chi connectivity index (χ0v) is 16.5. The van der Waals surface area contributed by atoms with Crippen LogP contribution in [0.25, 0.3) is 0 Å². The summed E-state index contributed by atoms with van der Waals surface area (Å²) in [6.45, 7) is 0.835. The number of fused-ring (bicyclic) bond motifs is 2. The Morgan fingerprint density at radius 1 is 1.22 bits per heavy atom. The van der Waals surface area contributed by atoms with E-state index in [-0.39, 0.29) is 10.8 Å². The molecule has 146 valence electrons. The number of hydrogen-bond acceptors (Lipinski definition) is 3. The second-order valence-corrected chi connectivity index (χ2v) is 9.82. The highest BCUT2D eigenvalue weighted by molar-refractivity contribution is 7.90. The number of carbonyl (C=O) groups is 1. The number of likely N-dealkylation sites (tertiary alicyclic amines) is 1. The molecule has 1 heterocycles. The van der Waals surface area contributed by atoms with Crippen LogP contribution in [0.15, 0.2) is 33.6 Å². The Kier molecular flexibility index (Phi) is 4.97. The van der Waals surface area contributed by atoms with E-state index in [1.54, 1.807) is 12.1 Å². The molecule has 1 aliphatic heterocycles. The number of nitrogens with one attached hydrogen (secondary N) is 1. The van der Waals surface area contributed by atoms with Gasteiger partial charge in [0.1, 0.15) is 5.84 Å². The lowest BCUT2D eigenvalue weighted by Gasteiger charge is -2.20. The van der Waals surface area contributed by atoms with E-state index in [1.165, 1.54) is 37.8 Å². The second kappa shape index (κ2) is 7.26. The molecule has 0 radical (unpaired) electrons. The average Bonchev–Trinajstić information content (AvgIpc) is 3.33. The normalized spacial score (nSPS) is 28.9. The van der Waals surface area contributed by atoms with E-state index in [0.29, 0.717) is 30.3 Å². The Morgan fingerprint density at radius 2 is 2.00 bits per heavy atom. The molecule has 3 atom stereocenters. The topological polar surface area (TPSA) is 78.8 Å². The zero-order chi connectivity index (χ0) is 19.0. The molecule has 27 heavy (non-hydrogen) atoms. The minimum atomic E-state index is -3.71. The number of anilines is 1. The first kappa shape index (κ1) is 18.5. The summed E-state index contributed by atoms with van der Waals surface area (Å²) < 4.78 is 28.9. The van der Waals surface area contributed by atoms with Crippen LogP contribution in [-0.4, -0.2) is 38.7 Å².